The lowest BCUT2D eigenvalue weighted by atomic mass is 10.0. The fourth-order valence-corrected chi connectivity index (χ4v) is 1.91. The fraction of sp³-hybridized carbons (Fsp3) is 0.143. The predicted molar refractivity (Wildman–Crippen MR) is 64.5 cm³/mol. The third-order valence-corrected chi connectivity index (χ3v) is 2.72. The van der Waals surface area contributed by atoms with Crippen molar-refractivity contribution in [2.45, 2.75) is 0 Å². The van der Waals surface area contributed by atoms with Crippen molar-refractivity contribution >= 4 is 0 Å². The van der Waals surface area contributed by atoms with Gasteiger partial charge in [0.1, 0.15) is 19.0 Å². The third kappa shape index (κ3) is 1.91. The van der Waals surface area contributed by atoms with Gasteiger partial charge >= 0.3 is 0 Å². The first-order valence-electron chi connectivity index (χ1n) is 5.52. The molecule has 0 bridgehead atoms. The van der Waals surface area contributed by atoms with Crippen molar-refractivity contribution in [3.63, 3.8) is 0 Å². The highest BCUT2D eigenvalue weighted by atomic mass is 16.6. The highest BCUT2D eigenvalue weighted by Gasteiger charge is 2.12. The number of fused-ring (bicyclic) bond motifs is 1. The van der Waals surface area contributed by atoms with E-state index < -0.39 is 0 Å². The minimum absolute atomic E-state index is 0.261. The molecule has 0 unspecified atom stereocenters. The van der Waals surface area contributed by atoms with Crippen LogP contribution in [0, 0.1) is 0 Å². The lowest BCUT2D eigenvalue weighted by Crippen LogP contribution is -2.15. The molecule has 86 valence electrons. The largest absolute Gasteiger partial charge is 0.508 e. The molecule has 3 rings (SSSR count). The quantitative estimate of drug-likeness (QED) is 0.815. The molecule has 1 N–H and O–H groups in total. The summed E-state index contributed by atoms with van der Waals surface area (Å²) in [6.07, 6.45) is 0. The van der Waals surface area contributed by atoms with Crippen LogP contribution in [0.1, 0.15) is 0 Å². The van der Waals surface area contributed by atoms with Crippen LogP contribution in [0.3, 0.4) is 0 Å². The molecule has 1 heterocycles. The molecule has 1 aliphatic heterocycles. The normalized spacial score (nSPS) is 13.4. The molecule has 17 heavy (non-hydrogen) atoms. The van der Waals surface area contributed by atoms with E-state index in [4.69, 9.17) is 9.47 Å². The van der Waals surface area contributed by atoms with Crippen LogP contribution in [0.5, 0.6) is 17.2 Å². The molecule has 0 atom stereocenters. The second kappa shape index (κ2) is 4.01. The maximum atomic E-state index is 9.46. The van der Waals surface area contributed by atoms with E-state index in [9.17, 15) is 5.11 Å². The maximum absolute atomic E-state index is 9.46. The van der Waals surface area contributed by atoms with Gasteiger partial charge in [0.15, 0.2) is 11.5 Å². The van der Waals surface area contributed by atoms with E-state index in [1.807, 2.05) is 30.3 Å². The van der Waals surface area contributed by atoms with E-state index in [0.717, 1.165) is 22.6 Å². The van der Waals surface area contributed by atoms with Gasteiger partial charge in [0.05, 0.1) is 0 Å². The molecule has 3 nitrogen and oxygen atoms in total. The highest BCUT2D eigenvalue weighted by Crippen LogP contribution is 2.35. The van der Waals surface area contributed by atoms with Gasteiger partial charge < -0.3 is 14.6 Å². The van der Waals surface area contributed by atoms with Crippen LogP contribution in [0.15, 0.2) is 42.5 Å². The van der Waals surface area contributed by atoms with Crippen molar-refractivity contribution in [1.29, 1.82) is 0 Å². The molecule has 0 saturated heterocycles. The molecular weight excluding hydrogens is 216 g/mol. The topological polar surface area (TPSA) is 38.7 Å². The average Bonchev–Trinajstić information content (AvgIpc) is 2.38. The summed E-state index contributed by atoms with van der Waals surface area (Å²) in [4.78, 5) is 0. The monoisotopic (exact) mass is 228 g/mol. The van der Waals surface area contributed by atoms with Crippen LogP contribution in [-0.4, -0.2) is 18.3 Å². The standard InChI is InChI=1S/C14H12O3/c15-12-3-1-2-10(8-12)11-4-5-13-14(9-11)17-7-6-16-13/h1-5,8-9,15H,6-7H2. The Hall–Kier alpha value is -2.16. The predicted octanol–water partition coefficient (Wildman–Crippen LogP) is 2.83. The zero-order chi connectivity index (χ0) is 11.7. The fourth-order valence-electron chi connectivity index (χ4n) is 1.91. The number of benzene rings is 2. The number of phenolic OH excluding ortho intramolecular Hbond substituents is 1. The van der Waals surface area contributed by atoms with E-state index >= 15 is 0 Å². The van der Waals surface area contributed by atoms with Crippen LogP contribution in [0.2, 0.25) is 0 Å². The maximum Gasteiger partial charge on any atom is 0.161 e. The SMILES string of the molecule is Oc1cccc(-c2ccc3c(c2)OCCO3)c1. The number of hydrogen-bond donors (Lipinski definition) is 1. The number of hydrogen-bond acceptors (Lipinski definition) is 3. The van der Waals surface area contributed by atoms with E-state index in [1.165, 1.54) is 0 Å². The Balaban J connectivity index is 2.04. The van der Waals surface area contributed by atoms with E-state index in [0.29, 0.717) is 13.2 Å². The summed E-state index contributed by atoms with van der Waals surface area (Å²) in [7, 11) is 0. The molecule has 2 aromatic carbocycles. The molecule has 0 amide bonds. The van der Waals surface area contributed by atoms with E-state index in [1.54, 1.807) is 12.1 Å². The first-order chi connectivity index (χ1) is 8.33. The zero-order valence-electron chi connectivity index (χ0n) is 9.22. The smallest absolute Gasteiger partial charge is 0.161 e. The van der Waals surface area contributed by atoms with Crippen molar-refractivity contribution < 1.29 is 14.6 Å². The van der Waals surface area contributed by atoms with Gasteiger partial charge in [-0.2, -0.15) is 0 Å². The summed E-state index contributed by atoms with van der Waals surface area (Å²) in [6.45, 7) is 1.18. The molecule has 1 aliphatic rings. The average molecular weight is 228 g/mol. The highest BCUT2D eigenvalue weighted by molar-refractivity contribution is 5.68. The molecule has 0 fully saturated rings. The van der Waals surface area contributed by atoms with Crippen LogP contribution >= 0.6 is 0 Å². The van der Waals surface area contributed by atoms with Crippen molar-refractivity contribution in [2.75, 3.05) is 13.2 Å². The lowest BCUT2D eigenvalue weighted by Gasteiger charge is -2.18. The van der Waals surface area contributed by atoms with Crippen LogP contribution in [0.4, 0.5) is 0 Å². The Morgan fingerprint density at radius 3 is 2.41 bits per heavy atom. The van der Waals surface area contributed by atoms with Gasteiger partial charge in [0.2, 0.25) is 0 Å². The van der Waals surface area contributed by atoms with E-state index in [-0.39, 0.29) is 5.75 Å². The van der Waals surface area contributed by atoms with Gasteiger partial charge in [-0.3, -0.25) is 0 Å². The van der Waals surface area contributed by atoms with Gasteiger partial charge in [-0.25, -0.2) is 0 Å². The zero-order valence-corrected chi connectivity index (χ0v) is 9.22. The van der Waals surface area contributed by atoms with Gasteiger partial charge in [0, 0.05) is 0 Å². The van der Waals surface area contributed by atoms with Crippen molar-refractivity contribution in [2.24, 2.45) is 0 Å². The Bertz CT molecular complexity index is 549. The third-order valence-electron chi connectivity index (χ3n) is 2.72. The second-order valence-electron chi connectivity index (χ2n) is 3.91. The Kier molecular flexibility index (Phi) is 2.37. The van der Waals surface area contributed by atoms with Gasteiger partial charge in [-0.1, -0.05) is 18.2 Å². The Morgan fingerprint density at radius 1 is 0.824 bits per heavy atom. The summed E-state index contributed by atoms with van der Waals surface area (Å²) in [5, 5.41) is 9.46. The number of ether oxygens (including phenoxy) is 2. The second-order valence-corrected chi connectivity index (χ2v) is 3.91. The minimum Gasteiger partial charge on any atom is -0.508 e. The summed E-state index contributed by atoms with van der Waals surface area (Å²) in [6, 6.07) is 12.9. The Morgan fingerprint density at radius 2 is 1.59 bits per heavy atom. The van der Waals surface area contributed by atoms with Crippen LogP contribution < -0.4 is 9.47 Å². The summed E-state index contributed by atoms with van der Waals surface area (Å²) < 4.78 is 11.0. The number of aromatic hydroxyl groups is 1. The molecule has 0 aliphatic carbocycles. The van der Waals surface area contributed by atoms with Crippen molar-refractivity contribution in [3.8, 4) is 28.4 Å². The molecule has 3 heteroatoms. The molecule has 0 radical (unpaired) electrons. The molecular formula is C14H12O3. The molecule has 0 spiro atoms. The molecule has 0 saturated carbocycles. The van der Waals surface area contributed by atoms with E-state index in [2.05, 4.69) is 0 Å². The number of phenols is 1. The lowest BCUT2D eigenvalue weighted by molar-refractivity contribution is 0.171. The van der Waals surface area contributed by atoms with Gasteiger partial charge in [-0.05, 0) is 35.4 Å². The molecule has 0 aromatic heterocycles. The summed E-state index contributed by atoms with van der Waals surface area (Å²) in [5.41, 5.74) is 1.96. The minimum atomic E-state index is 0.261. The summed E-state index contributed by atoms with van der Waals surface area (Å²) in [5.74, 6) is 1.80. The molecule has 2 aromatic rings. The van der Waals surface area contributed by atoms with Crippen LogP contribution in [-0.2, 0) is 0 Å². The number of rotatable bonds is 1. The first-order valence-corrected chi connectivity index (χ1v) is 5.52. The van der Waals surface area contributed by atoms with Gasteiger partial charge in [0.25, 0.3) is 0 Å². The Labute approximate surface area is 99.2 Å². The van der Waals surface area contributed by atoms with Crippen molar-refractivity contribution in [1.82, 2.24) is 0 Å². The first kappa shape index (κ1) is 10.0. The van der Waals surface area contributed by atoms with Gasteiger partial charge in [-0.15, -0.1) is 0 Å². The van der Waals surface area contributed by atoms with Crippen molar-refractivity contribution in [3.05, 3.63) is 42.5 Å². The van der Waals surface area contributed by atoms with Crippen LogP contribution in [0.25, 0.3) is 11.1 Å². The summed E-state index contributed by atoms with van der Waals surface area (Å²) >= 11 is 0.